The summed E-state index contributed by atoms with van der Waals surface area (Å²) < 4.78 is 11.2. The molecular weight excluding hydrogens is 216 g/mol. The minimum absolute atomic E-state index is 0.000431. The highest BCUT2D eigenvalue weighted by Crippen LogP contribution is 2.14. The van der Waals surface area contributed by atoms with E-state index in [1.807, 2.05) is 24.3 Å². The average molecular weight is 236 g/mol. The van der Waals surface area contributed by atoms with Crippen LogP contribution in [-0.2, 0) is 22.5 Å². The van der Waals surface area contributed by atoms with E-state index in [9.17, 15) is 0 Å². The lowest BCUT2D eigenvalue weighted by atomic mass is 10.1. The van der Waals surface area contributed by atoms with Crippen LogP contribution in [0, 0.1) is 0 Å². The van der Waals surface area contributed by atoms with Crippen molar-refractivity contribution in [2.45, 2.75) is 38.6 Å². The molecule has 1 aliphatic rings. The quantitative estimate of drug-likeness (QED) is 0.852. The maximum Gasteiger partial charge on any atom is 0.157 e. The molecule has 17 heavy (non-hydrogen) atoms. The van der Waals surface area contributed by atoms with Gasteiger partial charge in [0.2, 0.25) is 0 Å². The topological polar surface area (TPSA) is 38.7 Å². The van der Waals surface area contributed by atoms with E-state index in [1.54, 1.807) is 0 Å². The third kappa shape index (κ3) is 4.11. The molecule has 0 aromatic heterocycles. The van der Waals surface area contributed by atoms with Gasteiger partial charge in [-0.25, -0.2) is 0 Å². The van der Waals surface area contributed by atoms with Crippen molar-refractivity contribution < 1.29 is 14.6 Å². The second-order valence-corrected chi connectivity index (χ2v) is 4.39. The van der Waals surface area contributed by atoms with Crippen LogP contribution in [0.1, 0.15) is 30.4 Å². The minimum Gasteiger partial charge on any atom is -0.392 e. The lowest BCUT2D eigenvalue weighted by Crippen LogP contribution is -2.23. The Bertz CT molecular complexity index is 315. The molecule has 0 spiro atoms. The minimum atomic E-state index is 0.000431. The molecule has 3 nitrogen and oxygen atoms in total. The first-order chi connectivity index (χ1) is 8.38. The van der Waals surface area contributed by atoms with E-state index >= 15 is 0 Å². The summed E-state index contributed by atoms with van der Waals surface area (Å²) in [6.07, 6.45) is 4.27. The molecule has 1 saturated heterocycles. The van der Waals surface area contributed by atoms with E-state index < -0.39 is 0 Å². The highest BCUT2D eigenvalue weighted by molar-refractivity contribution is 5.21. The van der Waals surface area contributed by atoms with Crippen LogP contribution in [0.2, 0.25) is 0 Å². The van der Waals surface area contributed by atoms with Crippen LogP contribution < -0.4 is 0 Å². The molecule has 1 aliphatic heterocycles. The zero-order valence-electron chi connectivity index (χ0n) is 10.1. The van der Waals surface area contributed by atoms with Crippen molar-refractivity contribution in [1.82, 2.24) is 0 Å². The van der Waals surface area contributed by atoms with Gasteiger partial charge < -0.3 is 14.6 Å². The predicted octanol–water partition coefficient (Wildman–Crippen LogP) is 2.26. The van der Waals surface area contributed by atoms with Crippen LogP contribution in [0.4, 0.5) is 0 Å². The summed E-state index contributed by atoms with van der Waals surface area (Å²) in [5.41, 5.74) is 2.18. The zero-order valence-corrected chi connectivity index (χ0v) is 10.1. The first-order valence-corrected chi connectivity index (χ1v) is 6.30. The van der Waals surface area contributed by atoms with Crippen LogP contribution in [-0.4, -0.2) is 24.6 Å². The summed E-state index contributed by atoms with van der Waals surface area (Å²) in [5, 5.41) is 8.93. The number of rotatable bonds is 5. The van der Waals surface area contributed by atoms with E-state index in [-0.39, 0.29) is 12.9 Å². The molecule has 0 bridgehead atoms. The van der Waals surface area contributed by atoms with Crippen molar-refractivity contribution in [1.29, 1.82) is 0 Å². The molecular formula is C14H20O3. The van der Waals surface area contributed by atoms with Crippen LogP contribution in [0.3, 0.4) is 0 Å². The molecule has 1 aromatic carbocycles. The van der Waals surface area contributed by atoms with Gasteiger partial charge in [-0.2, -0.15) is 0 Å². The Hall–Kier alpha value is -0.900. The summed E-state index contributed by atoms with van der Waals surface area (Å²) in [4.78, 5) is 0. The average Bonchev–Trinajstić information content (AvgIpc) is 2.41. The second-order valence-electron chi connectivity index (χ2n) is 4.39. The Morgan fingerprint density at radius 1 is 1.18 bits per heavy atom. The van der Waals surface area contributed by atoms with Gasteiger partial charge in [-0.1, -0.05) is 24.3 Å². The van der Waals surface area contributed by atoms with E-state index in [0.29, 0.717) is 6.61 Å². The van der Waals surface area contributed by atoms with Crippen molar-refractivity contribution in [2.75, 3.05) is 13.2 Å². The SMILES string of the molecule is OCc1ccc(CCO[C@@H]2CCCCO2)cc1. The summed E-state index contributed by atoms with van der Waals surface area (Å²) in [5.74, 6) is 0. The maximum absolute atomic E-state index is 8.93. The predicted molar refractivity (Wildman–Crippen MR) is 65.6 cm³/mol. The number of hydrogen-bond acceptors (Lipinski definition) is 3. The van der Waals surface area contributed by atoms with Gasteiger partial charge in [0.25, 0.3) is 0 Å². The molecule has 0 unspecified atom stereocenters. The Morgan fingerprint density at radius 3 is 2.59 bits per heavy atom. The summed E-state index contributed by atoms with van der Waals surface area (Å²) in [6, 6.07) is 7.98. The third-order valence-electron chi connectivity index (χ3n) is 3.04. The van der Waals surface area contributed by atoms with Crippen molar-refractivity contribution >= 4 is 0 Å². The van der Waals surface area contributed by atoms with Gasteiger partial charge >= 0.3 is 0 Å². The molecule has 0 aliphatic carbocycles. The van der Waals surface area contributed by atoms with Crippen LogP contribution >= 0.6 is 0 Å². The van der Waals surface area contributed by atoms with Crippen molar-refractivity contribution in [2.24, 2.45) is 0 Å². The third-order valence-corrected chi connectivity index (χ3v) is 3.04. The number of aliphatic hydroxyl groups is 1. The molecule has 0 amide bonds. The number of benzene rings is 1. The summed E-state index contributed by atoms with van der Waals surface area (Å²) >= 11 is 0. The molecule has 94 valence electrons. The number of hydrogen-bond donors (Lipinski definition) is 1. The lowest BCUT2D eigenvalue weighted by Gasteiger charge is -2.22. The van der Waals surface area contributed by atoms with E-state index in [2.05, 4.69) is 0 Å². The normalized spacial score (nSPS) is 20.4. The molecule has 1 fully saturated rings. The zero-order chi connectivity index (χ0) is 11.9. The molecule has 1 N–H and O–H groups in total. The number of ether oxygens (including phenoxy) is 2. The number of aliphatic hydroxyl groups excluding tert-OH is 1. The molecule has 1 aromatic rings. The molecule has 1 atom stereocenters. The van der Waals surface area contributed by atoms with Gasteiger partial charge in [-0.3, -0.25) is 0 Å². The Labute approximate surface area is 102 Å². The molecule has 1 heterocycles. The highest BCUT2D eigenvalue weighted by atomic mass is 16.7. The van der Waals surface area contributed by atoms with Crippen LogP contribution in [0.5, 0.6) is 0 Å². The van der Waals surface area contributed by atoms with Gasteiger partial charge in [0.05, 0.1) is 13.2 Å². The summed E-state index contributed by atoms with van der Waals surface area (Å²) in [7, 11) is 0. The fourth-order valence-corrected chi connectivity index (χ4v) is 1.96. The molecule has 0 saturated carbocycles. The standard InChI is InChI=1S/C14H20O3/c15-11-13-6-4-12(5-7-13)8-10-17-14-3-1-2-9-16-14/h4-7,14-15H,1-3,8-11H2/t14-/m1/s1. The van der Waals surface area contributed by atoms with Crippen LogP contribution in [0.25, 0.3) is 0 Å². The molecule has 3 heteroatoms. The van der Waals surface area contributed by atoms with Gasteiger partial charge in [-0.15, -0.1) is 0 Å². The van der Waals surface area contributed by atoms with Crippen molar-refractivity contribution in [3.63, 3.8) is 0 Å². The Kier molecular flexibility index (Phi) is 4.98. The summed E-state index contributed by atoms with van der Waals surface area (Å²) in [6.45, 7) is 1.63. The van der Waals surface area contributed by atoms with Crippen molar-refractivity contribution in [3.8, 4) is 0 Å². The highest BCUT2D eigenvalue weighted by Gasteiger charge is 2.13. The van der Waals surface area contributed by atoms with Gasteiger partial charge in [-0.05, 0) is 36.8 Å². The van der Waals surface area contributed by atoms with E-state index in [4.69, 9.17) is 14.6 Å². The monoisotopic (exact) mass is 236 g/mol. The van der Waals surface area contributed by atoms with Gasteiger partial charge in [0.15, 0.2) is 6.29 Å². The fraction of sp³-hybridized carbons (Fsp3) is 0.571. The van der Waals surface area contributed by atoms with Gasteiger partial charge in [0.1, 0.15) is 0 Å². The van der Waals surface area contributed by atoms with E-state index in [0.717, 1.165) is 31.4 Å². The Morgan fingerprint density at radius 2 is 1.94 bits per heavy atom. The molecule has 0 radical (unpaired) electrons. The van der Waals surface area contributed by atoms with E-state index in [1.165, 1.54) is 12.0 Å². The molecule has 2 rings (SSSR count). The second kappa shape index (κ2) is 6.74. The first-order valence-electron chi connectivity index (χ1n) is 6.30. The van der Waals surface area contributed by atoms with Crippen LogP contribution in [0.15, 0.2) is 24.3 Å². The van der Waals surface area contributed by atoms with Gasteiger partial charge in [0, 0.05) is 6.61 Å². The maximum atomic E-state index is 8.93. The lowest BCUT2D eigenvalue weighted by molar-refractivity contribution is -0.161. The van der Waals surface area contributed by atoms with Crippen molar-refractivity contribution in [3.05, 3.63) is 35.4 Å². The first kappa shape index (κ1) is 12.6. The fourth-order valence-electron chi connectivity index (χ4n) is 1.96. The smallest absolute Gasteiger partial charge is 0.157 e. The largest absolute Gasteiger partial charge is 0.392 e. The Balaban J connectivity index is 1.69.